The fraction of sp³-hybridized carbons (Fsp3) is 0.353. The predicted molar refractivity (Wildman–Crippen MR) is 97.8 cm³/mol. The molecular weight excluding hydrogens is 372 g/mol. The average molecular weight is 393 g/mol. The summed E-state index contributed by atoms with van der Waals surface area (Å²) in [6, 6.07) is 9.20. The van der Waals surface area contributed by atoms with Crippen LogP contribution in [0.4, 0.5) is 5.95 Å². The normalized spacial score (nSPS) is 10.9. The van der Waals surface area contributed by atoms with Crippen molar-refractivity contribution in [2.45, 2.75) is 13.8 Å². The molecule has 128 valence electrons. The van der Waals surface area contributed by atoms with Crippen LogP contribution < -0.4 is 10.6 Å². The SMILES string of the molecule is CC(C)CN(CCO)c1nc(C(N)=O)cc(-c2ccc(Br)cc2)n1. The van der Waals surface area contributed by atoms with E-state index in [9.17, 15) is 9.90 Å². The van der Waals surface area contributed by atoms with Gasteiger partial charge in [0.15, 0.2) is 0 Å². The van der Waals surface area contributed by atoms with E-state index in [0.29, 0.717) is 30.6 Å². The molecular formula is C17H21BrN4O2. The zero-order valence-corrected chi connectivity index (χ0v) is 15.3. The van der Waals surface area contributed by atoms with Gasteiger partial charge in [0.1, 0.15) is 5.69 Å². The fourth-order valence-electron chi connectivity index (χ4n) is 2.31. The molecule has 1 amide bonds. The number of aliphatic hydroxyl groups is 1. The van der Waals surface area contributed by atoms with Crippen molar-refractivity contribution in [2.24, 2.45) is 11.7 Å². The summed E-state index contributed by atoms with van der Waals surface area (Å²) in [5.41, 5.74) is 7.06. The molecule has 2 rings (SSSR count). The highest BCUT2D eigenvalue weighted by Crippen LogP contribution is 2.23. The van der Waals surface area contributed by atoms with E-state index < -0.39 is 5.91 Å². The van der Waals surface area contributed by atoms with Gasteiger partial charge in [0.05, 0.1) is 12.3 Å². The van der Waals surface area contributed by atoms with Gasteiger partial charge in [0.25, 0.3) is 5.91 Å². The molecule has 24 heavy (non-hydrogen) atoms. The van der Waals surface area contributed by atoms with Gasteiger partial charge in [-0.25, -0.2) is 9.97 Å². The summed E-state index contributed by atoms with van der Waals surface area (Å²) in [6.07, 6.45) is 0. The van der Waals surface area contributed by atoms with Gasteiger partial charge < -0.3 is 15.7 Å². The molecule has 0 fully saturated rings. The average Bonchev–Trinajstić information content (AvgIpc) is 2.54. The van der Waals surface area contributed by atoms with Crippen LogP contribution in [0.5, 0.6) is 0 Å². The van der Waals surface area contributed by atoms with Gasteiger partial charge in [0.2, 0.25) is 5.95 Å². The number of benzene rings is 1. The smallest absolute Gasteiger partial charge is 0.267 e. The molecule has 0 unspecified atom stereocenters. The van der Waals surface area contributed by atoms with Crippen LogP contribution in [-0.4, -0.2) is 40.7 Å². The molecule has 0 spiro atoms. The second kappa shape index (κ2) is 8.21. The third kappa shape index (κ3) is 4.75. The number of anilines is 1. The van der Waals surface area contributed by atoms with Crippen molar-refractivity contribution in [1.29, 1.82) is 0 Å². The van der Waals surface area contributed by atoms with Crippen LogP contribution in [0.3, 0.4) is 0 Å². The van der Waals surface area contributed by atoms with E-state index in [1.807, 2.05) is 29.2 Å². The van der Waals surface area contributed by atoms with E-state index in [2.05, 4.69) is 39.7 Å². The van der Waals surface area contributed by atoms with Crippen LogP contribution in [-0.2, 0) is 0 Å². The van der Waals surface area contributed by atoms with Gasteiger partial charge >= 0.3 is 0 Å². The first-order chi connectivity index (χ1) is 11.4. The summed E-state index contributed by atoms with van der Waals surface area (Å²) in [6.45, 7) is 5.17. The van der Waals surface area contributed by atoms with Crippen molar-refractivity contribution in [3.63, 3.8) is 0 Å². The molecule has 1 heterocycles. The van der Waals surface area contributed by atoms with Crippen molar-refractivity contribution in [3.8, 4) is 11.3 Å². The van der Waals surface area contributed by atoms with Crippen molar-refractivity contribution >= 4 is 27.8 Å². The Labute approximate surface area is 149 Å². The molecule has 6 nitrogen and oxygen atoms in total. The Balaban J connectivity index is 2.50. The number of rotatable bonds is 7. The monoisotopic (exact) mass is 392 g/mol. The Morgan fingerprint density at radius 1 is 1.29 bits per heavy atom. The Morgan fingerprint density at radius 2 is 1.96 bits per heavy atom. The van der Waals surface area contributed by atoms with E-state index in [-0.39, 0.29) is 12.3 Å². The number of carbonyl (C=O) groups is 1. The fourth-order valence-corrected chi connectivity index (χ4v) is 2.57. The lowest BCUT2D eigenvalue weighted by molar-refractivity contribution is 0.0995. The largest absolute Gasteiger partial charge is 0.395 e. The lowest BCUT2D eigenvalue weighted by Crippen LogP contribution is -2.32. The molecule has 0 aliphatic rings. The third-order valence-electron chi connectivity index (χ3n) is 3.35. The summed E-state index contributed by atoms with van der Waals surface area (Å²) < 4.78 is 0.956. The van der Waals surface area contributed by atoms with Gasteiger partial charge in [-0.2, -0.15) is 0 Å². The van der Waals surface area contributed by atoms with Crippen molar-refractivity contribution < 1.29 is 9.90 Å². The first kappa shape index (κ1) is 18.4. The lowest BCUT2D eigenvalue weighted by atomic mass is 10.1. The van der Waals surface area contributed by atoms with Gasteiger partial charge in [0, 0.05) is 23.1 Å². The van der Waals surface area contributed by atoms with Gasteiger partial charge in [-0.05, 0) is 24.1 Å². The van der Waals surface area contributed by atoms with Crippen LogP contribution in [0, 0.1) is 5.92 Å². The highest BCUT2D eigenvalue weighted by atomic mass is 79.9. The number of primary amides is 1. The minimum atomic E-state index is -0.606. The van der Waals surface area contributed by atoms with E-state index in [4.69, 9.17) is 5.73 Å². The van der Waals surface area contributed by atoms with Gasteiger partial charge in [-0.3, -0.25) is 4.79 Å². The number of nitrogens with two attached hydrogens (primary N) is 1. The van der Waals surface area contributed by atoms with E-state index in [0.717, 1.165) is 10.0 Å². The molecule has 0 radical (unpaired) electrons. The maximum atomic E-state index is 11.7. The van der Waals surface area contributed by atoms with Crippen LogP contribution in [0.2, 0.25) is 0 Å². The van der Waals surface area contributed by atoms with Crippen LogP contribution in [0.25, 0.3) is 11.3 Å². The molecule has 0 aliphatic heterocycles. The zero-order valence-electron chi connectivity index (χ0n) is 13.7. The molecule has 0 bridgehead atoms. The summed E-state index contributed by atoms with van der Waals surface area (Å²) in [7, 11) is 0. The van der Waals surface area contributed by atoms with E-state index >= 15 is 0 Å². The highest BCUT2D eigenvalue weighted by Gasteiger charge is 2.16. The molecule has 1 aromatic carbocycles. The molecule has 0 atom stereocenters. The number of amides is 1. The summed E-state index contributed by atoms with van der Waals surface area (Å²) in [4.78, 5) is 22.3. The van der Waals surface area contributed by atoms with Crippen molar-refractivity contribution in [1.82, 2.24) is 9.97 Å². The Morgan fingerprint density at radius 3 is 2.50 bits per heavy atom. The van der Waals surface area contributed by atoms with Crippen LogP contribution in [0.15, 0.2) is 34.8 Å². The minimum Gasteiger partial charge on any atom is -0.395 e. The Hall–Kier alpha value is -1.99. The molecule has 1 aromatic heterocycles. The minimum absolute atomic E-state index is 0.0233. The third-order valence-corrected chi connectivity index (χ3v) is 3.87. The first-order valence-electron chi connectivity index (χ1n) is 7.71. The number of halogens is 1. The molecule has 0 aliphatic carbocycles. The number of hydrogen-bond donors (Lipinski definition) is 2. The first-order valence-corrected chi connectivity index (χ1v) is 8.50. The quantitative estimate of drug-likeness (QED) is 0.754. The molecule has 2 aromatic rings. The van der Waals surface area contributed by atoms with Crippen LogP contribution in [0.1, 0.15) is 24.3 Å². The second-order valence-corrected chi connectivity index (χ2v) is 6.79. The van der Waals surface area contributed by atoms with E-state index in [1.165, 1.54) is 0 Å². The number of aliphatic hydroxyl groups excluding tert-OH is 1. The molecule has 3 N–H and O–H groups in total. The van der Waals surface area contributed by atoms with Crippen LogP contribution >= 0.6 is 15.9 Å². The number of aromatic nitrogens is 2. The summed E-state index contributed by atoms with van der Waals surface area (Å²) in [5.74, 6) is 0.144. The molecule has 0 saturated carbocycles. The Kier molecular flexibility index (Phi) is 6.28. The van der Waals surface area contributed by atoms with Crippen molar-refractivity contribution in [2.75, 3.05) is 24.6 Å². The van der Waals surface area contributed by atoms with Gasteiger partial charge in [-0.1, -0.05) is 41.9 Å². The zero-order chi connectivity index (χ0) is 17.7. The van der Waals surface area contributed by atoms with E-state index in [1.54, 1.807) is 6.07 Å². The molecule has 7 heteroatoms. The highest BCUT2D eigenvalue weighted by molar-refractivity contribution is 9.10. The number of nitrogens with zero attached hydrogens (tertiary/aromatic N) is 3. The number of carbonyl (C=O) groups excluding carboxylic acids is 1. The second-order valence-electron chi connectivity index (χ2n) is 5.87. The topological polar surface area (TPSA) is 92.3 Å². The van der Waals surface area contributed by atoms with Gasteiger partial charge in [-0.15, -0.1) is 0 Å². The Bertz CT molecular complexity index is 704. The maximum absolute atomic E-state index is 11.7. The molecule has 0 saturated heterocycles. The summed E-state index contributed by atoms with van der Waals surface area (Å²) in [5, 5.41) is 9.31. The van der Waals surface area contributed by atoms with Crippen molar-refractivity contribution in [3.05, 3.63) is 40.5 Å². The lowest BCUT2D eigenvalue weighted by Gasteiger charge is -2.24. The standard InChI is InChI=1S/C17H21BrN4O2/c1-11(2)10-22(7-8-23)17-20-14(9-15(21-17)16(19)24)12-3-5-13(18)6-4-12/h3-6,9,11,23H,7-8,10H2,1-2H3,(H2,19,24). The predicted octanol–water partition coefficient (Wildman–Crippen LogP) is 2.46. The maximum Gasteiger partial charge on any atom is 0.267 e. The number of hydrogen-bond acceptors (Lipinski definition) is 5. The summed E-state index contributed by atoms with van der Waals surface area (Å²) >= 11 is 3.40.